The summed E-state index contributed by atoms with van der Waals surface area (Å²) in [5.41, 5.74) is 3.75. The number of nitro benzene ring substituents is 2. The van der Waals surface area contributed by atoms with E-state index in [1.807, 2.05) is 59.3 Å². The van der Waals surface area contributed by atoms with E-state index in [0.717, 1.165) is 48.6 Å². The van der Waals surface area contributed by atoms with Crippen LogP contribution in [0, 0.1) is 20.2 Å². The first-order valence-corrected chi connectivity index (χ1v) is 14.9. The third-order valence-corrected chi connectivity index (χ3v) is 8.87. The average Bonchev–Trinajstić information content (AvgIpc) is 3.54. The lowest BCUT2D eigenvalue weighted by atomic mass is 10.0. The van der Waals surface area contributed by atoms with Crippen LogP contribution in [-0.2, 0) is 22.5 Å². The summed E-state index contributed by atoms with van der Waals surface area (Å²) in [6.07, 6.45) is 1.99. The molecule has 0 aliphatic carbocycles. The molecule has 9 nitrogen and oxygen atoms in total. The van der Waals surface area contributed by atoms with E-state index >= 15 is 0 Å². The lowest BCUT2D eigenvalue weighted by molar-refractivity contribution is -0.394. The minimum absolute atomic E-state index is 0.0600. The Hall–Kier alpha value is -5.06. The van der Waals surface area contributed by atoms with E-state index in [-0.39, 0.29) is 30.4 Å². The molecule has 0 saturated heterocycles. The molecule has 0 saturated carbocycles. The van der Waals surface area contributed by atoms with E-state index < -0.39 is 9.85 Å². The second-order valence-electron chi connectivity index (χ2n) is 10.2. The quantitative estimate of drug-likeness (QED) is 0.0900. The van der Waals surface area contributed by atoms with Gasteiger partial charge in [0.05, 0.1) is 28.9 Å². The number of thiophene rings is 1. The zero-order valence-electron chi connectivity index (χ0n) is 23.4. The van der Waals surface area contributed by atoms with Crippen molar-refractivity contribution in [2.45, 2.75) is 19.9 Å². The second-order valence-corrected chi connectivity index (χ2v) is 11.7. The zero-order valence-corrected chi connectivity index (χ0v) is 24.9. The van der Waals surface area contributed by atoms with Crippen LogP contribution in [0.5, 0.6) is 0 Å². The lowest BCUT2D eigenvalue weighted by Crippen LogP contribution is -2.07. The summed E-state index contributed by atoms with van der Waals surface area (Å²) in [6, 6.07) is 24.9. The van der Waals surface area contributed by atoms with Crippen LogP contribution >= 0.6 is 22.9 Å². The first kappa shape index (κ1) is 29.0. The van der Waals surface area contributed by atoms with E-state index in [4.69, 9.17) is 16.3 Å². The normalized spacial score (nSPS) is 11.2. The van der Waals surface area contributed by atoms with E-state index in [2.05, 4.69) is 12.1 Å². The molecule has 2 aromatic heterocycles. The van der Waals surface area contributed by atoms with E-state index in [0.29, 0.717) is 22.7 Å². The van der Waals surface area contributed by atoms with E-state index in [9.17, 15) is 25.0 Å². The Morgan fingerprint density at radius 1 is 0.864 bits per heavy atom. The van der Waals surface area contributed by atoms with E-state index in [1.54, 1.807) is 24.3 Å². The predicted octanol–water partition coefficient (Wildman–Crippen LogP) is 8.81. The number of aromatic nitrogens is 1. The van der Waals surface area contributed by atoms with Gasteiger partial charge in [0, 0.05) is 50.4 Å². The number of hydrogen-bond acceptors (Lipinski definition) is 7. The number of nitrogens with zero attached hydrogens (tertiary/aromatic N) is 3. The molecule has 0 radical (unpaired) electrons. The molecule has 6 aromatic rings. The van der Waals surface area contributed by atoms with Crippen molar-refractivity contribution in [1.82, 2.24) is 4.57 Å². The number of benzene rings is 4. The largest absolute Gasteiger partial charge is 0.466 e. The Morgan fingerprint density at radius 2 is 1.61 bits per heavy atom. The summed E-state index contributed by atoms with van der Waals surface area (Å²) in [5.74, 6) is -0.356. The first-order valence-electron chi connectivity index (χ1n) is 13.7. The minimum atomic E-state index is -0.645. The third-order valence-electron chi connectivity index (χ3n) is 7.38. The Morgan fingerprint density at radius 3 is 2.32 bits per heavy atom. The Kier molecular flexibility index (Phi) is 7.86. The second kappa shape index (κ2) is 11.9. The van der Waals surface area contributed by atoms with Gasteiger partial charge < -0.3 is 9.30 Å². The van der Waals surface area contributed by atoms with Gasteiger partial charge in [-0.3, -0.25) is 25.0 Å². The molecular weight excluding hydrogens is 602 g/mol. The van der Waals surface area contributed by atoms with Crippen molar-refractivity contribution in [2.24, 2.45) is 0 Å². The third kappa shape index (κ3) is 5.64. The highest BCUT2D eigenvalue weighted by atomic mass is 35.5. The van der Waals surface area contributed by atoms with Crippen molar-refractivity contribution in [3.05, 3.63) is 128 Å². The molecule has 0 unspecified atom stereocenters. The van der Waals surface area contributed by atoms with Gasteiger partial charge in [0.2, 0.25) is 0 Å². The highest BCUT2D eigenvalue weighted by molar-refractivity contribution is 7.22. The van der Waals surface area contributed by atoms with Gasteiger partial charge in [-0.15, -0.1) is 11.3 Å². The summed E-state index contributed by atoms with van der Waals surface area (Å²) in [4.78, 5) is 35.5. The van der Waals surface area contributed by atoms with Gasteiger partial charge in [-0.1, -0.05) is 54.1 Å². The SMILES string of the molecule is CCOC(=O)Cc1cn(Cc2c(-c3cccc(Cl)c3)sc3ccccc23)c2cc(-c3cc([N+](=O)[O-])cc([N+](=O)[O-])c3)ccc12. The standard InChI is InChI=1S/C33H24ClN3O6S/c1-2-43-32(38)16-23-18-35(19-29-28-8-3-4-9-31(28)44-33(29)21-6-5-7-24(34)12-21)30-15-20(10-11-27(23)30)22-13-25(36(39)40)17-26(14-22)37(41)42/h3-15,17-18H,2,16,19H2,1H3. The van der Waals surface area contributed by atoms with Gasteiger partial charge >= 0.3 is 5.97 Å². The molecule has 6 rings (SSSR count). The first-order chi connectivity index (χ1) is 21.2. The van der Waals surface area contributed by atoms with Crippen molar-refractivity contribution in [1.29, 1.82) is 0 Å². The number of non-ortho nitro benzene ring substituents is 2. The van der Waals surface area contributed by atoms with Crippen LogP contribution in [0.3, 0.4) is 0 Å². The lowest BCUT2D eigenvalue weighted by Gasteiger charge is -2.10. The van der Waals surface area contributed by atoms with Gasteiger partial charge in [-0.2, -0.15) is 0 Å². The van der Waals surface area contributed by atoms with Crippen LogP contribution in [0.4, 0.5) is 11.4 Å². The number of fused-ring (bicyclic) bond motifs is 2. The molecule has 220 valence electrons. The maximum Gasteiger partial charge on any atom is 0.310 e. The summed E-state index contributed by atoms with van der Waals surface area (Å²) < 4.78 is 8.39. The number of nitro groups is 2. The van der Waals surface area contributed by atoms with Crippen LogP contribution in [-0.4, -0.2) is 27.0 Å². The molecule has 2 heterocycles. The van der Waals surface area contributed by atoms with Crippen LogP contribution in [0.1, 0.15) is 18.1 Å². The summed E-state index contributed by atoms with van der Waals surface area (Å²) in [6.45, 7) is 2.46. The highest BCUT2D eigenvalue weighted by Gasteiger charge is 2.21. The molecule has 0 bridgehead atoms. The fourth-order valence-corrected chi connectivity index (χ4v) is 6.85. The molecule has 11 heteroatoms. The number of ether oxygens (including phenoxy) is 1. The van der Waals surface area contributed by atoms with E-state index in [1.165, 1.54) is 12.1 Å². The van der Waals surface area contributed by atoms with Gasteiger partial charge in [-0.25, -0.2) is 0 Å². The monoisotopic (exact) mass is 625 g/mol. The molecule has 44 heavy (non-hydrogen) atoms. The molecule has 0 fully saturated rings. The van der Waals surface area contributed by atoms with Gasteiger partial charge in [-0.05, 0) is 64.4 Å². The van der Waals surface area contributed by atoms with Crippen LogP contribution in [0.25, 0.3) is 42.6 Å². The Bertz CT molecular complexity index is 2070. The predicted molar refractivity (Wildman–Crippen MR) is 172 cm³/mol. The van der Waals surface area contributed by atoms with Crippen molar-refractivity contribution < 1.29 is 19.4 Å². The highest BCUT2D eigenvalue weighted by Crippen LogP contribution is 2.41. The fraction of sp³-hybridized carbons (Fsp3) is 0.121. The number of esters is 1. The molecule has 0 aliphatic rings. The molecule has 0 aliphatic heterocycles. The number of hydrogen-bond donors (Lipinski definition) is 0. The number of rotatable bonds is 9. The maximum atomic E-state index is 12.5. The topological polar surface area (TPSA) is 118 Å². The van der Waals surface area contributed by atoms with Gasteiger partial charge in [0.15, 0.2) is 0 Å². The number of carbonyl (C=O) groups excluding carboxylic acids is 1. The van der Waals surface area contributed by atoms with Crippen LogP contribution in [0.15, 0.2) is 91.1 Å². The van der Waals surface area contributed by atoms with Crippen molar-refractivity contribution in [3.8, 4) is 21.6 Å². The fourth-order valence-electron chi connectivity index (χ4n) is 5.45. The molecular formula is C33H24ClN3O6S. The van der Waals surface area contributed by atoms with Crippen molar-refractivity contribution in [3.63, 3.8) is 0 Å². The molecule has 4 aromatic carbocycles. The maximum absolute atomic E-state index is 12.5. The van der Waals surface area contributed by atoms with Gasteiger partial charge in [0.1, 0.15) is 0 Å². The molecule has 0 atom stereocenters. The zero-order chi connectivity index (χ0) is 31.0. The number of carbonyl (C=O) groups is 1. The molecule has 0 amide bonds. The Balaban J connectivity index is 1.54. The molecule has 0 spiro atoms. The molecule has 0 N–H and O–H groups in total. The van der Waals surface area contributed by atoms with Gasteiger partial charge in [0.25, 0.3) is 11.4 Å². The van der Waals surface area contributed by atoms with Crippen molar-refractivity contribution in [2.75, 3.05) is 6.61 Å². The minimum Gasteiger partial charge on any atom is -0.466 e. The van der Waals surface area contributed by atoms with Crippen molar-refractivity contribution >= 4 is 61.3 Å². The average molecular weight is 626 g/mol. The van der Waals surface area contributed by atoms with Crippen LogP contribution < -0.4 is 0 Å². The summed E-state index contributed by atoms with van der Waals surface area (Å²) in [7, 11) is 0. The Labute approximate surface area is 260 Å². The summed E-state index contributed by atoms with van der Waals surface area (Å²) >= 11 is 8.04. The smallest absolute Gasteiger partial charge is 0.310 e. The summed E-state index contributed by atoms with van der Waals surface area (Å²) in [5, 5.41) is 25.7. The number of halogens is 1. The van der Waals surface area contributed by atoms with Crippen LogP contribution in [0.2, 0.25) is 5.02 Å².